The molecular formula is C18H22N4O4S. The lowest BCUT2D eigenvalue weighted by Crippen LogP contribution is -2.28. The third kappa shape index (κ3) is 4.81. The van der Waals surface area contributed by atoms with E-state index in [1.807, 2.05) is 28.8 Å². The van der Waals surface area contributed by atoms with E-state index in [2.05, 4.69) is 22.1 Å². The van der Waals surface area contributed by atoms with Gasteiger partial charge >= 0.3 is 0 Å². The van der Waals surface area contributed by atoms with Crippen molar-refractivity contribution in [2.24, 2.45) is 0 Å². The lowest BCUT2D eigenvalue weighted by atomic mass is 10.2. The van der Waals surface area contributed by atoms with Crippen molar-refractivity contribution < 1.29 is 19.0 Å². The number of methoxy groups -OCH3 is 1. The molecule has 1 aromatic heterocycles. The zero-order chi connectivity index (χ0) is 19.1. The number of hydrogen-bond acceptors (Lipinski definition) is 7. The summed E-state index contributed by atoms with van der Waals surface area (Å²) in [6, 6.07) is 7.51. The molecule has 3 rings (SSSR count). The molecule has 27 heavy (non-hydrogen) atoms. The van der Waals surface area contributed by atoms with Gasteiger partial charge in [0, 0.05) is 20.2 Å². The van der Waals surface area contributed by atoms with Crippen LogP contribution in [0.1, 0.15) is 11.9 Å². The first-order valence-corrected chi connectivity index (χ1v) is 9.52. The molecule has 8 nitrogen and oxygen atoms in total. The van der Waals surface area contributed by atoms with Crippen LogP contribution in [0.5, 0.6) is 11.5 Å². The van der Waals surface area contributed by atoms with E-state index in [0.29, 0.717) is 48.8 Å². The van der Waals surface area contributed by atoms with Crippen molar-refractivity contribution in [1.29, 1.82) is 0 Å². The van der Waals surface area contributed by atoms with Crippen molar-refractivity contribution in [3.8, 4) is 11.5 Å². The van der Waals surface area contributed by atoms with Gasteiger partial charge in [0.15, 0.2) is 28.6 Å². The van der Waals surface area contributed by atoms with Crippen LogP contribution in [0, 0.1) is 0 Å². The molecule has 1 aliphatic rings. The highest BCUT2D eigenvalue weighted by molar-refractivity contribution is 7.99. The number of carbonyl (C=O) groups excluding carboxylic acids is 1. The summed E-state index contributed by atoms with van der Waals surface area (Å²) in [6.45, 7) is 5.61. The van der Waals surface area contributed by atoms with Gasteiger partial charge in [-0.2, -0.15) is 0 Å². The van der Waals surface area contributed by atoms with E-state index < -0.39 is 0 Å². The molecule has 1 aromatic carbocycles. The highest BCUT2D eigenvalue weighted by atomic mass is 32.2. The first kappa shape index (κ1) is 19.2. The summed E-state index contributed by atoms with van der Waals surface area (Å²) in [5.74, 6) is 2.19. The van der Waals surface area contributed by atoms with Gasteiger partial charge in [-0.1, -0.05) is 30.0 Å². The maximum atomic E-state index is 11.9. The molecule has 144 valence electrons. The largest absolute Gasteiger partial charge is 0.485 e. The van der Waals surface area contributed by atoms with E-state index in [4.69, 9.17) is 14.2 Å². The van der Waals surface area contributed by atoms with Gasteiger partial charge in [0.25, 0.3) is 0 Å². The van der Waals surface area contributed by atoms with Crippen LogP contribution in [0.3, 0.4) is 0 Å². The van der Waals surface area contributed by atoms with Crippen LogP contribution in [-0.2, 0) is 16.1 Å². The Kier molecular flexibility index (Phi) is 6.72. The van der Waals surface area contributed by atoms with Crippen LogP contribution in [-0.4, -0.2) is 53.3 Å². The van der Waals surface area contributed by atoms with Crippen molar-refractivity contribution >= 4 is 17.7 Å². The van der Waals surface area contributed by atoms with E-state index in [9.17, 15) is 4.79 Å². The van der Waals surface area contributed by atoms with Crippen molar-refractivity contribution in [3.05, 3.63) is 42.7 Å². The molecule has 1 unspecified atom stereocenters. The molecule has 0 fully saturated rings. The van der Waals surface area contributed by atoms with Crippen molar-refractivity contribution in [1.82, 2.24) is 20.1 Å². The second-order valence-corrected chi connectivity index (χ2v) is 6.68. The van der Waals surface area contributed by atoms with E-state index in [1.54, 1.807) is 13.2 Å². The van der Waals surface area contributed by atoms with Gasteiger partial charge < -0.3 is 19.5 Å². The lowest BCUT2D eigenvalue weighted by molar-refractivity contribution is -0.118. The highest BCUT2D eigenvalue weighted by Gasteiger charge is 2.28. The molecule has 2 aromatic rings. The maximum absolute atomic E-state index is 11.9. The van der Waals surface area contributed by atoms with Crippen molar-refractivity contribution in [2.75, 3.05) is 32.6 Å². The molecule has 0 bridgehead atoms. The van der Waals surface area contributed by atoms with Gasteiger partial charge in [-0.3, -0.25) is 9.36 Å². The zero-order valence-electron chi connectivity index (χ0n) is 15.1. The predicted molar refractivity (Wildman–Crippen MR) is 101 cm³/mol. The molecule has 0 saturated heterocycles. The summed E-state index contributed by atoms with van der Waals surface area (Å²) in [7, 11) is 1.59. The predicted octanol–water partition coefficient (Wildman–Crippen LogP) is 1.83. The summed E-state index contributed by atoms with van der Waals surface area (Å²) >= 11 is 1.32. The van der Waals surface area contributed by atoms with Crippen molar-refractivity contribution in [3.63, 3.8) is 0 Å². The van der Waals surface area contributed by atoms with Gasteiger partial charge in [0.1, 0.15) is 6.61 Å². The van der Waals surface area contributed by atoms with Gasteiger partial charge in [-0.05, 0) is 12.1 Å². The van der Waals surface area contributed by atoms with E-state index in [1.165, 1.54) is 11.8 Å². The molecule has 0 aliphatic carbocycles. The molecular weight excluding hydrogens is 368 g/mol. The molecule has 0 radical (unpaired) electrons. The molecule has 0 spiro atoms. The Morgan fingerprint density at radius 2 is 2.26 bits per heavy atom. The van der Waals surface area contributed by atoms with Gasteiger partial charge in [0.2, 0.25) is 5.91 Å². The topological polar surface area (TPSA) is 87.5 Å². The smallest absolute Gasteiger partial charge is 0.230 e. The number of fused-ring (bicyclic) bond motifs is 1. The molecule has 1 amide bonds. The Hall–Kier alpha value is -2.52. The van der Waals surface area contributed by atoms with E-state index >= 15 is 0 Å². The Labute approximate surface area is 161 Å². The number of nitrogens with zero attached hydrogens (tertiary/aromatic N) is 3. The normalized spacial score (nSPS) is 15.4. The van der Waals surface area contributed by atoms with E-state index in [0.717, 1.165) is 0 Å². The van der Waals surface area contributed by atoms with E-state index in [-0.39, 0.29) is 17.8 Å². The third-order valence-electron chi connectivity index (χ3n) is 3.81. The quantitative estimate of drug-likeness (QED) is 0.397. The van der Waals surface area contributed by atoms with Crippen LogP contribution < -0.4 is 14.8 Å². The van der Waals surface area contributed by atoms with Crippen LogP contribution in [0.15, 0.2) is 42.1 Å². The SMILES string of the molecule is C=CCn1c(SCC(=O)NCCOC)nnc1C1COc2ccccc2O1. The fraction of sp³-hybridized carbons (Fsp3) is 0.389. The minimum atomic E-state index is -0.378. The van der Waals surface area contributed by atoms with Crippen molar-refractivity contribution in [2.45, 2.75) is 17.8 Å². The number of benzene rings is 1. The number of thioether (sulfide) groups is 1. The molecule has 9 heteroatoms. The van der Waals surface area contributed by atoms with Crippen LogP contribution >= 0.6 is 11.8 Å². The summed E-state index contributed by atoms with van der Waals surface area (Å²) in [5.41, 5.74) is 0. The second-order valence-electron chi connectivity index (χ2n) is 5.74. The Morgan fingerprint density at radius 3 is 3.04 bits per heavy atom. The molecule has 2 heterocycles. The van der Waals surface area contributed by atoms with Crippen LogP contribution in [0.2, 0.25) is 0 Å². The van der Waals surface area contributed by atoms with Gasteiger partial charge in [-0.15, -0.1) is 16.8 Å². The number of ether oxygens (including phenoxy) is 3. The minimum absolute atomic E-state index is 0.0852. The number of carbonyl (C=O) groups is 1. The average molecular weight is 390 g/mol. The molecule has 1 atom stereocenters. The Balaban J connectivity index is 1.68. The average Bonchev–Trinajstić information content (AvgIpc) is 3.09. The fourth-order valence-corrected chi connectivity index (χ4v) is 3.35. The Morgan fingerprint density at radius 1 is 1.44 bits per heavy atom. The lowest BCUT2D eigenvalue weighted by Gasteiger charge is -2.26. The number of nitrogens with one attached hydrogen (secondary N) is 1. The van der Waals surface area contributed by atoms with Gasteiger partial charge in [-0.25, -0.2) is 0 Å². The van der Waals surface area contributed by atoms with Gasteiger partial charge in [0.05, 0.1) is 12.4 Å². The highest BCUT2D eigenvalue weighted by Crippen LogP contribution is 2.36. The number of amides is 1. The maximum Gasteiger partial charge on any atom is 0.230 e. The number of hydrogen-bond donors (Lipinski definition) is 1. The molecule has 0 saturated carbocycles. The number of para-hydroxylation sites is 2. The molecule has 1 aliphatic heterocycles. The first-order valence-electron chi connectivity index (χ1n) is 8.54. The summed E-state index contributed by atoms with van der Waals surface area (Å²) < 4.78 is 18.6. The summed E-state index contributed by atoms with van der Waals surface area (Å²) in [5, 5.41) is 11.9. The minimum Gasteiger partial charge on any atom is -0.485 e. The van der Waals surface area contributed by atoms with Crippen LogP contribution in [0.25, 0.3) is 0 Å². The Bertz CT molecular complexity index is 795. The fourth-order valence-electron chi connectivity index (χ4n) is 2.57. The second kappa shape index (κ2) is 9.43. The summed E-state index contributed by atoms with van der Waals surface area (Å²) in [4.78, 5) is 11.9. The standard InChI is InChI=1S/C18H22N4O4S/c1-3-9-22-17(15-11-25-13-6-4-5-7-14(13)26-15)20-21-18(22)27-12-16(23)19-8-10-24-2/h3-7,15H,1,8-12H2,2H3,(H,19,23). The first-order chi connectivity index (χ1) is 13.2. The summed E-state index contributed by atoms with van der Waals surface area (Å²) in [6.07, 6.45) is 1.38. The monoisotopic (exact) mass is 390 g/mol. The van der Waals surface area contributed by atoms with Crippen LogP contribution in [0.4, 0.5) is 0 Å². The zero-order valence-corrected chi connectivity index (χ0v) is 15.9. The number of rotatable bonds is 9. The number of allylic oxidation sites excluding steroid dienone is 1. The third-order valence-corrected chi connectivity index (χ3v) is 4.78. The number of aromatic nitrogens is 3. The molecule has 1 N–H and O–H groups in total.